The molecule has 21 saturated heterocycles. The normalized spacial score (nSPS) is 37.4. The summed E-state index contributed by atoms with van der Waals surface area (Å²) in [6, 6.07) is 31.7. The van der Waals surface area contributed by atoms with E-state index in [4.69, 9.17) is 0 Å². The zero-order valence-corrected chi connectivity index (χ0v) is 84.7. The van der Waals surface area contributed by atoms with Crippen LogP contribution in [0.3, 0.4) is 0 Å². The van der Waals surface area contributed by atoms with Crippen molar-refractivity contribution in [2.45, 2.75) is 233 Å². The minimum absolute atomic E-state index is 0.175. The van der Waals surface area contributed by atoms with Gasteiger partial charge in [-0.25, -0.2) is 8.42 Å². The Hall–Kier alpha value is -2.98. The first-order valence-electron chi connectivity index (χ1n) is 52.9. The first-order chi connectivity index (χ1) is 62.4. The Kier molecular flexibility index (Phi) is 39.9. The van der Waals surface area contributed by atoms with E-state index in [2.05, 4.69) is 248 Å². The zero-order chi connectivity index (χ0) is 90.5. The summed E-state index contributed by atoms with van der Waals surface area (Å²) in [4.78, 5) is 53.6. The number of sulfone groups is 1. The molecule has 0 aromatic heterocycles. The van der Waals surface area contributed by atoms with Gasteiger partial charge in [-0.2, -0.15) is 0 Å². The van der Waals surface area contributed by atoms with Crippen molar-refractivity contribution < 1.29 is 13.2 Å². The maximum Gasteiger partial charge on any atom is 0.237 e. The number of likely N-dealkylation sites (tertiary alicyclic amines) is 5. The van der Waals surface area contributed by atoms with E-state index in [0.29, 0.717) is 36.0 Å². The summed E-state index contributed by atoms with van der Waals surface area (Å²) in [5, 5.41) is 17.2. The number of fused-ring (bicyclic) bond motifs is 11. The summed E-state index contributed by atoms with van der Waals surface area (Å²) in [5.41, 5.74) is 2.92. The first kappa shape index (κ1) is 102. The Labute approximate surface area is 786 Å². The van der Waals surface area contributed by atoms with Gasteiger partial charge in [-0.1, -0.05) is 79.9 Å². The lowest BCUT2D eigenvalue weighted by molar-refractivity contribution is -0.140. The van der Waals surface area contributed by atoms with Crippen molar-refractivity contribution in [1.29, 1.82) is 0 Å². The van der Waals surface area contributed by atoms with E-state index in [0.717, 1.165) is 129 Å². The number of amides is 1. The molecule has 0 bridgehead atoms. The van der Waals surface area contributed by atoms with E-state index in [1.54, 1.807) is 0 Å². The van der Waals surface area contributed by atoms with Gasteiger partial charge in [-0.15, -0.1) is 0 Å². The third-order valence-electron chi connectivity index (χ3n) is 35.0. The minimum Gasteiger partial charge on any atom is -0.337 e. The predicted octanol–water partition coefficient (Wildman–Crippen LogP) is 6.37. The Morgan fingerprint density at radius 1 is 0.326 bits per heavy atom. The number of hydrogen-bond acceptors (Lipinski definition) is 24. The van der Waals surface area contributed by atoms with Gasteiger partial charge < -0.3 is 70.7 Å². The number of piperidine rings is 4. The summed E-state index contributed by atoms with van der Waals surface area (Å²) >= 11 is 0. The molecule has 2 aromatic rings. The van der Waals surface area contributed by atoms with Crippen LogP contribution in [-0.4, -0.2) is 488 Å². The molecular weight excluding hydrogens is 1630 g/mol. The predicted molar refractivity (Wildman–Crippen MR) is 534 cm³/mol. The molecule has 20 unspecified atom stereocenters. The molecule has 0 radical (unpaired) electrons. The van der Waals surface area contributed by atoms with Crippen molar-refractivity contribution in [3.63, 3.8) is 0 Å². The van der Waals surface area contributed by atoms with Crippen molar-refractivity contribution in [3.8, 4) is 0 Å². The Bertz CT molecular complexity index is 3570. The van der Waals surface area contributed by atoms with Crippen molar-refractivity contribution in [3.05, 3.63) is 71.8 Å². The molecule has 1 amide bonds. The standard InChI is InChI=1S/2C14H20N2.C10H20N2.C9H16N2O.3C9H18N2.C8H16N2.C7H14N2O2S.2C7H14N2/c1-15-10-13-8-5-9-16(13)11-14(15)12-6-3-2-4-7-12;1-15-8-13-10-16(11-14(13)9-15)7-12-5-3-2-4-6-12;1-9-7-12-6-4-3-5-10(12)8-11(9)2;1-10-6-8-4-2-3-5-11(8)9(12)7-10;1-8-6-11-5-3-4-9(11)7-10(8)2;1-11-6-2-3-8-7-10-5-4-9(8)11;1-11-7-6-10-8-4-2-3-5-9(8)11;1-9-5-6-10-4-2-3-8(10)7-9;1-9-3-2-8-6-4-12(10,11)5-7(6)9;1-9-4-6-2-8-3-7(6)5-9;1-9-3-2-6-4-8-5-7(6)9/h2-4,6-7,13-14H,5,8-11H2,1H3;2-6,13-14H,7-11H2,1H3;9-10H,3-8H2,1-2H3;8H,2-7H2,1H3;8-9H,3-7H2,1-2H3;2*8-10H,2-7H2,1H3;8H,2-7H2,1H3;6-8H,2-5H2,1H3;2*6-8H,2-5H2,1H3. The number of carbonyl (C=O) groups excluding carboxylic acids is 1. The van der Waals surface area contributed by atoms with Gasteiger partial charge in [0.25, 0.3) is 0 Å². The molecule has 0 spiro atoms. The molecule has 21 aliphatic heterocycles. The molecule has 20 atom stereocenters. The SMILES string of the molecule is CC1CN2CCCC2CN1C.CC1CN2CCCCC2CN1C.CN1CC(=O)N2CCCCC2C1.CN1CC2CCCN2CC1c1ccccc1.CN1CC2CN(Cc3ccccc3)CC2C1.CN1CC2CNCC2C1.CN1CCC2CNCC21.CN1CCCC2CNCCC21.CN1CCN2CCCC2C1.CN1CCNC2CCCCC21.CN1CCNC2CS(=O)(=O)CC21. The van der Waals surface area contributed by atoms with Gasteiger partial charge in [-0.05, 0) is 319 Å². The average Bonchev–Trinajstić information content (AvgIpc) is 1.64. The number of carbonyl (C=O) groups is 1. The van der Waals surface area contributed by atoms with E-state index >= 15 is 0 Å². The van der Waals surface area contributed by atoms with Crippen LogP contribution in [0.4, 0.5) is 0 Å². The lowest BCUT2D eigenvalue weighted by Crippen LogP contribution is -2.57. The summed E-state index contributed by atoms with van der Waals surface area (Å²) in [7, 11) is 21.5. The second kappa shape index (κ2) is 50.6. The molecule has 2 aromatic carbocycles. The molecule has 25 nitrogen and oxygen atoms in total. The van der Waals surface area contributed by atoms with Crippen molar-refractivity contribution in [1.82, 2.24) is 110 Å². The monoisotopic (exact) mass is 1810 g/mol. The van der Waals surface area contributed by atoms with E-state index in [1.807, 2.05) is 14.1 Å². The van der Waals surface area contributed by atoms with Gasteiger partial charge >= 0.3 is 0 Å². The van der Waals surface area contributed by atoms with E-state index in [9.17, 15) is 13.2 Å². The molecule has 5 N–H and O–H groups in total. The number of likely N-dealkylation sites (N-methyl/N-ethyl adjacent to an activating group) is 8. The van der Waals surface area contributed by atoms with Crippen molar-refractivity contribution in [2.24, 2.45) is 35.5 Å². The Morgan fingerprint density at radius 3 is 1.46 bits per heavy atom. The number of nitrogens with zero attached hydrogens (tertiary/aromatic N) is 17. The van der Waals surface area contributed by atoms with Crippen LogP contribution in [-0.2, 0) is 21.2 Å². The van der Waals surface area contributed by atoms with Crippen molar-refractivity contribution in [2.75, 3.05) is 312 Å². The van der Waals surface area contributed by atoms with Crippen LogP contribution in [0.15, 0.2) is 60.7 Å². The molecule has 22 aliphatic rings. The second-order valence-electron chi connectivity index (χ2n) is 44.8. The molecule has 1 saturated carbocycles. The van der Waals surface area contributed by atoms with Gasteiger partial charge in [0.1, 0.15) is 0 Å². The highest BCUT2D eigenvalue weighted by molar-refractivity contribution is 7.91. The first-order valence-corrected chi connectivity index (χ1v) is 54.7. The number of piperazine rings is 7. The summed E-state index contributed by atoms with van der Waals surface area (Å²) in [6.07, 6.45) is 27.8. The fourth-order valence-electron chi connectivity index (χ4n) is 27.0. The largest absolute Gasteiger partial charge is 0.337 e. The molecule has 1 aliphatic carbocycles. The van der Waals surface area contributed by atoms with Crippen LogP contribution in [0.2, 0.25) is 0 Å². The van der Waals surface area contributed by atoms with Crippen molar-refractivity contribution >= 4 is 15.7 Å². The Morgan fingerprint density at radius 2 is 0.822 bits per heavy atom. The fraction of sp³-hybridized carbons (Fsp3) is 0.874. The highest BCUT2D eigenvalue weighted by atomic mass is 32.2. The van der Waals surface area contributed by atoms with Crippen LogP contribution in [0.5, 0.6) is 0 Å². The smallest absolute Gasteiger partial charge is 0.237 e. The van der Waals surface area contributed by atoms with Crippen LogP contribution >= 0.6 is 0 Å². The number of benzene rings is 2. The fourth-order valence-corrected chi connectivity index (χ4v) is 29.0. The third-order valence-corrected chi connectivity index (χ3v) is 36.7. The molecule has 129 heavy (non-hydrogen) atoms. The average molecular weight is 1810 g/mol. The van der Waals surface area contributed by atoms with Crippen LogP contribution < -0.4 is 26.6 Å². The van der Waals surface area contributed by atoms with Gasteiger partial charge in [0.2, 0.25) is 5.91 Å². The van der Waals surface area contributed by atoms with Crippen LogP contribution in [0, 0.1) is 35.5 Å². The number of hydrogen-bond donors (Lipinski definition) is 5. The number of rotatable bonds is 3. The summed E-state index contributed by atoms with van der Waals surface area (Å²) in [5.74, 6) is 6.68. The second-order valence-corrected chi connectivity index (χ2v) is 46.9. The molecule has 21 heterocycles. The topological polar surface area (TPSA) is 166 Å². The highest BCUT2D eigenvalue weighted by Gasteiger charge is 2.44. The molecule has 22 fully saturated rings. The van der Waals surface area contributed by atoms with E-state index in [1.165, 1.54) is 329 Å². The zero-order valence-electron chi connectivity index (χ0n) is 83.9. The molecule has 26 heteroatoms. The minimum atomic E-state index is -2.77. The molecule has 734 valence electrons. The van der Waals surface area contributed by atoms with Gasteiger partial charge in [-0.3, -0.25) is 44.0 Å². The quantitative estimate of drug-likeness (QED) is 0.230. The maximum absolute atomic E-state index is 11.5. The van der Waals surface area contributed by atoms with E-state index in [-0.39, 0.29) is 12.1 Å². The molecular formula is C103H188N22O3S. The lowest BCUT2D eigenvalue weighted by Gasteiger charge is -2.46. The lowest BCUT2D eigenvalue weighted by atomic mass is 9.85. The van der Waals surface area contributed by atoms with Gasteiger partial charge in [0.05, 0.1) is 18.1 Å². The Balaban J connectivity index is 0.000000115. The molecule has 24 rings (SSSR count). The summed E-state index contributed by atoms with van der Waals surface area (Å²) < 4.78 is 22.6. The van der Waals surface area contributed by atoms with E-state index < -0.39 is 9.84 Å². The van der Waals surface area contributed by atoms with Crippen LogP contribution in [0.1, 0.15) is 159 Å². The van der Waals surface area contributed by atoms with Gasteiger partial charge in [0.15, 0.2) is 9.84 Å². The third kappa shape index (κ3) is 29.6. The van der Waals surface area contributed by atoms with Gasteiger partial charge in [0, 0.05) is 235 Å². The van der Waals surface area contributed by atoms with Crippen LogP contribution in [0.25, 0.3) is 0 Å². The summed E-state index contributed by atoms with van der Waals surface area (Å²) in [6.45, 7) is 47.6. The highest BCUT2D eigenvalue weighted by Crippen LogP contribution is 2.36. The maximum atomic E-state index is 11.5. The number of nitrogens with one attached hydrogen (secondary N) is 5.